The molecule has 0 aromatic heterocycles. The van der Waals surface area contributed by atoms with E-state index in [0.29, 0.717) is 24.9 Å². The zero-order valence-electron chi connectivity index (χ0n) is 14.5. The Balaban J connectivity index is 2.04. The van der Waals surface area contributed by atoms with Crippen molar-refractivity contribution in [3.8, 4) is 5.75 Å². The third kappa shape index (κ3) is 5.60. The first-order valence-electron chi connectivity index (χ1n) is 8.04. The summed E-state index contributed by atoms with van der Waals surface area (Å²) in [5, 5.41) is 0. The summed E-state index contributed by atoms with van der Waals surface area (Å²) >= 11 is 0. The summed E-state index contributed by atoms with van der Waals surface area (Å²) in [6, 6.07) is 4.46. The lowest BCUT2D eigenvalue weighted by Crippen LogP contribution is -2.51. The van der Waals surface area contributed by atoms with Gasteiger partial charge in [0.05, 0.1) is 6.26 Å². The molecule has 1 aromatic carbocycles. The number of rotatable bonds is 5. The SMILES string of the molecule is CN(Cc1ccc(OC(F)(F)F)cc1)C(=O)C1CCCCN1S(C)(=O)=O. The molecule has 0 aliphatic carbocycles. The molecule has 0 saturated carbocycles. The lowest BCUT2D eigenvalue weighted by atomic mass is 10.0. The lowest BCUT2D eigenvalue weighted by Gasteiger charge is -2.35. The fourth-order valence-electron chi connectivity index (χ4n) is 2.95. The van der Waals surface area contributed by atoms with Gasteiger partial charge in [-0.15, -0.1) is 13.2 Å². The lowest BCUT2D eigenvalue weighted by molar-refractivity contribution is -0.274. The average molecular weight is 394 g/mol. The number of piperidine rings is 1. The topological polar surface area (TPSA) is 66.9 Å². The van der Waals surface area contributed by atoms with Crippen molar-refractivity contribution in [1.82, 2.24) is 9.21 Å². The molecule has 1 fully saturated rings. The highest BCUT2D eigenvalue weighted by atomic mass is 32.2. The number of amides is 1. The van der Waals surface area contributed by atoms with E-state index in [0.717, 1.165) is 12.7 Å². The fourth-order valence-corrected chi connectivity index (χ4v) is 4.07. The van der Waals surface area contributed by atoms with Crippen molar-refractivity contribution in [1.29, 1.82) is 0 Å². The van der Waals surface area contributed by atoms with Gasteiger partial charge in [0.15, 0.2) is 0 Å². The second-order valence-electron chi connectivity index (χ2n) is 6.27. The molecular formula is C16H21F3N2O4S. The fraction of sp³-hybridized carbons (Fsp3) is 0.562. The Kier molecular flexibility index (Phi) is 6.17. The Labute approximate surface area is 150 Å². The minimum atomic E-state index is -4.76. The number of likely N-dealkylation sites (N-methyl/N-ethyl adjacent to an activating group) is 1. The number of halogens is 3. The summed E-state index contributed by atoms with van der Waals surface area (Å²) in [7, 11) is -1.95. The van der Waals surface area contributed by atoms with E-state index in [1.807, 2.05) is 0 Å². The van der Waals surface area contributed by atoms with Crippen LogP contribution in [0.4, 0.5) is 13.2 Å². The molecule has 2 rings (SSSR count). The van der Waals surface area contributed by atoms with Crippen molar-refractivity contribution >= 4 is 15.9 Å². The van der Waals surface area contributed by atoms with Gasteiger partial charge in [0, 0.05) is 20.1 Å². The predicted molar refractivity (Wildman–Crippen MR) is 88.8 cm³/mol. The molecule has 1 aliphatic rings. The Bertz CT molecular complexity index is 735. The number of hydrogen-bond donors (Lipinski definition) is 0. The van der Waals surface area contributed by atoms with E-state index in [9.17, 15) is 26.4 Å². The van der Waals surface area contributed by atoms with Gasteiger partial charge in [-0.2, -0.15) is 4.31 Å². The van der Waals surface area contributed by atoms with Crippen LogP contribution in [0.15, 0.2) is 24.3 Å². The van der Waals surface area contributed by atoms with Crippen LogP contribution in [0, 0.1) is 0 Å². The van der Waals surface area contributed by atoms with Crippen molar-refractivity contribution in [2.24, 2.45) is 0 Å². The summed E-state index contributed by atoms with van der Waals surface area (Å²) in [6.07, 6.45) is -1.75. The van der Waals surface area contributed by atoms with E-state index >= 15 is 0 Å². The number of nitrogens with zero attached hydrogens (tertiary/aromatic N) is 2. The van der Waals surface area contributed by atoms with Crippen LogP contribution in [-0.2, 0) is 21.4 Å². The zero-order valence-corrected chi connectivity index (χ0v) is 15.3. The van der Waals surface area contributed by atoms with Crippen LogP contribution >= 0.6 is 0 Å². The second kappa shape index (κ2) is 7.83. The summed E-state index contributed by atoms with van der Waals surface area (Å²) in [4.78, 5) is 14.0. The minimum Gasteiger partial charge on any atom is -0.406 e. The van der Waals surface area contributed by atoms with E-state index in [2.05, 4.69) is 4.74 Å². The van der Waals surface area contributed by atoms with Crippen LogP contribution in [0.1, 0.15) is 24.8 Å². The Morgan fingerprint density at radius 3 is 2.42 bits per heavy atom. The molecule has 0 N–H and O–H groups in total. The van der Waals surface area contributed by atoms with E-state index in [4.69, 9.17) is 0 Å². The Morgan fingerprint density at radius 1 is 1.27 bits per heavy atom. The first kappa shape index (κ1) is 20.5. The van der Waals surface area contributed by atoms with E-state index in [1.54, 1.807) is 0 Å². The summed E-state index contributed by atoms with van der Waals surface area (Å²) in [5.74, 6) is -0.670. The molecule has 0 bridgehead atoms. The van der Waals surface area contributed by atoms with Gasteiger partial charge in [-0.1, -0.05) is 18.6 Å². The largest absolute Gasteiger partial charge is 0.573 e. The smallest absolute Gasteiger partial charge is 0.406 e. The minimum absolute atomic E-state index is 0.152. The molecule has 0 spiro atoms. The zero-order chi connectivity index (χ0) is 19.5. The quantitative estimate of drug-likeness (QED) is 0.769. The van der Waals surface area contributed by atoms with Crippen molar-refractivity contribution in [2.45, 2.75) is 38.2 Å². The number of carbonyl (C=O) groups is 1. The van der Waals surface area contributed by atoms with Gasteiger partial charge in [-0.05, 0) is 30.5 Å². The highest BCUT2D eigenvalue weighted by molar-refractivity contribution is 7.88. The summed E-state index contributed by atoms with van der Waals surface area (Å²) in [6.45, 7) is 0.464. The van der Waals surface area contributed by atoms with Crippen molar-refractivity contribution in [3.63, 3.8) is 0 Å². The maximum absolute atomic E-state index is 12.7. The van der Waals surface area contributed by atoms with Crippen LogP contribution in [0.5, 0.6) is 5.75 Å². The Morgan fingerprint density at radius 2 is 1.88 bits per heavy atom. The second-order valence-corrected chi connectivity index (χ2v) is 8.21. The first-order chi connectivity index (χ1) is 12.0. The Hall–Kier alpha value is -1.81. The van der Waals surface area contributed by atoms with Crippen LogP contribution in [0.2, 0.25) is 0 Å². The van der Waals surface area contributed by atoms with Gasteiger partial charge in [0.2, 0.25) is 15.9 Å². The van der Waals surface area contributed by atoms with Crippen LogP contribution < -0.4 is 4.74 Å². The van der Waals surface area contributed by atoms with Gasteiger partial charge in [-0.25, -0.2) is 8.42 Å². The van der Waals surface area contributed by atoms with Gasteiger partial charge < -0.3 is 9.64 Å². The number of hydrogen-bond acceptors (Lipinski definition) is 4. The molecule has 1 amide bonds. The van der Waals surface area contributed by atoms with Crippen LogP contribution in [0.25, 0.3) is 0 Å². The molecule has 1 aromatic rings. The normalized spacial score (nSPS) is 19.2. The van der Waals surface area contributed by atoms with Crippen LogP contribution in [0.3, 0.4) is 0 Å². The van der Waals surface area contributed by atoms with Crippen molar-refractivity contribution < 1.29 is 31.1 Å². The van der Waals surface area contributed by atoms with E-state index < -0.39 is 22.4 Å². The predicted octanol–water partition coefficient (Wildman–Crippen LogP) is 2.36. The molecule has 1 atom stereocenters. The third-order valence-electron chi connectivity index (χ3n) is 4.12. The number of ether oxygens (including phenoxy) is 1. The first-order valence-corrected chi connectivity index (χ1v) is 9.89. The maximum atomic E-state index is 12.7. The van der Waals surface area contributed by atoms with Crippen molar-refractivity contribution in [3.05, 3.63) is 29.8 Å². The molecule has 1 unspecified atom stereocenters. The van der Waals surface area contributed by atoms with Crippen LogP contribution in [-0.4, -0.2) is 55.8 Å². The molecule has 1 heterocycles. The molecule has 1 saturated heterocycles. The highest BCUT2D eigenvalue weighted by Gasteiger charge is 2.36. The molecule has 10 heteroatoms. The van der Waals surface area contributed by atoms with Gasteiger partial charge >= 0.3 is 6.36 Å². The monoisotopic (exact) mass is 394 g/mol. The van der Waals surface area contributed by atoms with E-state index in [1.165, 1.54) is 40.5 Å². The average Bonchev–Trinajstić information content (AvgIpc) is 2.54. The van der Waals surface area contributed by atoms with Gasteiger partial charge in [0.25, 0.3) is 0 Å². The summed E-state index contributed by atoms with van der Waals surface area (Å²) < 4.78 is 65.3. The highest BCUT2D eigenvalue weighted by Crippen LogP contribution is 2.24. The van der Waals surface area contributed by atoms with E-state index in [-0.39, 0.29) is 18.2 Å². The maximum Gasteiger partial charge on any atom is 0.573 e. The van der Waals surface area contributed by atoms with Gasteiger partial charge in [-0.3, -0.25) is 4.79 Å². The molecular weight excluding hydrogens is 373 g/mol. The number of carbonyl (C=O) groups excluding carboxylic acids is 1. The molecule has 146 valence electrons. The molecule has 0 radical (unpaired) electrons. The number of benzene rings is 1. The number of sulfonamides is 1. The molecule has 26 heavy (non-hydrogen) atoms. The summed E-state index contributed by atoms with van der Waals surface area (Å²) in [5.41, 5.74) is 0.608. The van der Waals surface area contributed by atoms with Crippen molar-refractivity contribution in [2.75, 3.05) is 19.8 Å². The molecule has 6 nitrogen and oxygen atoms in total. The standard InChI is InChI=1S/C16H21F3N2O4S/c1-20(11-12-6-8-13(9-7-12)25-16(17,18)19)15(22)14-5-3-4-10-21(14)26(2,23)24/h6-9,14H,3-5,10-11H2,1-2H3. The van der Waals surface area contributed by atoms with Gasteiger partial charge in [0.1, 0.15) is 11.8 Å². The third-order valence-corrected chi connectivity index (χ3v) is 5.41. The molecule has 1 aliphatic heterocycles. The number of alkyl halides is 3.